The Morgan fingerprint density at radius 2 is 1.92 bits per heavy atom. The van der Waals surface area contributed by atoms with Gasteiger partial charge in [0.1, 0.15) is 5.82 Å². The van der Waals surface area contributed by atoms with Gasteiger partial charge in [-0.05, 0) is 31.2 Å². The van der Waals surface area contributed by atoms with E-state index in [1.165, 1.54) is 0 Å². The molecule has 3 rings (SSSR count). The fourth-order valence-electron chi connectivity index (χ4n) is 2.57. The number of benzene rings is 1. The molecule has 2 heterocycles. The van der Waals surface area contributed by atoms with E-state index in [9.17, 15) is 8.42 Å². The quantitative estimate of drug-likeness (QED) is 0.821. The second-order valence-corrected chi connectivity index (χ2v) is 7.69. The zero-order valence-electron chi connectivity index (χ0n) is 14.1. The van der Waals surface area contributed by atoms with Crippen molar-refractivity contribution in [2.45, 2.75) is 6.92 Å². The zero-order valence-corrected chi connectivity index (χ0v) is 14.9. The minimum absolute atomic E-state index is 0.0155. The highest BCUT2D eigenvalue weighted by Gasteiger charge is 2.14. The van der Waals surface area contributed by atoms with Crippen LogP contribution in [0.3, 0.4) is 0 Å². The van der Waals surface area contributed by atoms with Crippen molar-refractivity contribution in [2.24, 2.45) is 0 Å². The molecule has 0 spiro atoms. The lowest BCUT2D eigenvalue weighted by atomic mass is 10.2. The van der Waals surface area contributed by atoms with E-state index < -0.39 is 10.0 Å². The van der Waals surface area contributed by atoms with Gasteiger partial charge in [-0.15, -0.1) is 0 Å². The zero-order chi connectivity index (χ0) is 17.7. The predicted octanol–water partition coefficient (Wildman–Crippen LogP) is 2.42. The molecule has 25 heavy (non-hydrogen) atoms. The average molecular weight is 362 g/mol. The Labute approximate surface area is 148 Å². The summed E-state index contributed by atoms with van der Waals surface area (Å²) in [6.07, 6.45) is 1.61. The second-order valence-electron chi connectivity index (χ2n) is 5.68. The molecule has 2 aromatic rings. The van der Waals surface area contributed by atoms with Gasteiger partial charge in [0.25, 0.3) is 0 Å². The molecule has 0 aliphatic carbocycles. The van der Waals surface area contributed by atoms with Crippen LogP contribution in [0, 0.1) is 0 Å². The largest absolute Gasteiger partial charge is 0.378 e. The third kappa shape index (κ3) is 4.61. The molecule has 1 aromatic heterocycles. The number of pyridine rings is 1. The van der Waals surface area contributed by atoms with Crippen LogP contribution in [0.15, 0.2) is 42.6 Å². The summed E-state index contributed by atoms with van der Waals surface area (Å²) in [6, 6.07) is 11.5. The maximum absolute atomic E-state index is 11.6. The summed E-state index contributed by atoms with van der Waals surface area (Å²) in [5, 5.41) is 3.35. The van der Waals surface area contributed by atoms with E-state index >= 15 is 0 Å². The summed E-state index contributed by atoms with van der Waals surface area (Å²) < 4.78 is 31.0. The first-order valence-electron chi connectivity index (χ1n) is 8.23. The molecule has 134 valence electrons. The van der Waals surface area contributed by atoms with Gasteiger partial charge < -0.3 is 15.0 Å². The number of anilines is 4. The number of hydrogen-bond acceptors (Lipinski definition) is 6. The van der Waals surface area contributed by atoms with Crippen molar-refractivity contribution < 1.29 is 13.2 Å². The van der Waals surface area contributed by atoms with Crippen molar-refractivity contribution in [1.29, 1.82) is 0 Å². The SMILES string of the molecule is CCS(=O)(=O)Nc1ccc(Nc2ccccc2N2CCOCC2)cn1. The highest BCUT2D eigenvalue weighted by molar-refractivity contribution is 7.92. The highest BCUT2D eigenvalue weighted by atomic mass is 32.2. The minimum atomic E-state index is -3.32. The highest BCUT2D eigenvalue weighted by Crippen LogP contribution is 2.29. The van der Waals surface area contributed by atoms with Crippen LogP contribution in [-0.4, -0.2) is 45.5 Å². The average Bonchev–Trinajstić information content (AvgIpc) is 2.64. The van der Waals surface area contributed by atoms with Crippen LogP contribution < -0.4 is 14.9 Å². The number of hydrogen-bond donors (Lipinski definition) is 2. The Morgan fingerprint density at radius 1 is 1.16 bits per heavy atom. The minimum Gasteiger partial charge on any atom is -0.378 e. The lowest BCUT2D eigenvalue weighted by Gasteiger charge is -2.30. The topological polar surface area (TPSA) is 83.6 Å². The van der Waals surface area contributed by atoms with Gasteiger partial charge in [0.05, 0.1) is 42.2 Å². The standard InChI is InChI=1S/C17H22N4O3S/c1-2-25(22,23)20-17-8-7-14(13-18-17)19-15-5-3-4-6-16(15)21-9-11-24-12-10-21/h3-8,13,19H,2,9-12H2,1H3,(H,18,20). The molecule has 8 heteroatoms. The van der Waals surface area contributed by atoms with Crippen LogP contribution in [0.2, 0.25) is 0 Å². The molecule has 0 saturated carbocycles. The van der Waals surface area contributed by atoms with Crippen LogP contribution in [0.5, 0.6) is 0 Å². The fourth-order valence-corrected chi connectivity index (χ4v) is 3.16. The van der Waals surface area contributed by atoms with Gasteiger partial charge in [-0.25, -0.2) is 13.4 Å². The van der Waals surface area contributed by atoms with Crippen LogP contribution in [0.1, 0.15) is 6.92 Å². The van der Waals surface area contributed by atoms with Gasteiger partial charge >= 0.3 is 0 Å². The number of para-hydroxylation sites is 2. The van der Waals surface area contributed by atoms with E-state index in [4.69, 9.17) is 4.74 Å². The Balaban J connectivity index is 1.74. The van der Waals surface area contributed by atoms with E-state index in [0.29, 0.717) is 5.82 Å². The molecular formula is C17H22N4O3S. The third-order valence-corrected chi connectivity index (χ3v) is 5.22. The number of morpholine rings is 1. The number of sulfonamides is 1. The maximum atomic E-state index is 11.6. The van der Waals surface area contributed by atoms with Crippen LogP contribution in [-0.2, 0) is 14.8 Å². The molecule has 0 radical (unpaired) electrons. The number of aromatic nitrogens is 1. The molecular weight excluding hydrogens is 340 g/mol. The summed E-state index contributed by atoms with van der Waals surface area (Å²) in [6.45, 7) is 4.74. The second kappa shape index (κ2) is 7.71. The molecule has 0 amide bonds. The van der Waals surface area contributed by atoms with Crippen LogP contribution >= 0.6 is 0 Å². The van der Waals surface area contributed by atoms with Crippen molar-refractivity contribution in [3.63, 3.8) is 0 Å². The lowest BCUT2D eigenvalue weighted by Crippen LogP contribution is -2.36. The summed E-state index contributed by atoms with van der Waals surface area (Å²) in [5.41, 5.74) is 2.88. The molecule has 7 nitrogen and oxygen atoms in total. The van der Waals surface area contributed by atoms with E-state index in [-0.39, 0.29) is 5.75 Å². The normalized spacial score (nSPS) is 15.0. The number of nitrogens with zero attached hydrogens (tertiary/aromatic N) is 2. The number of ether oxygens (including phenoxy) is 1. The van der Waals surface area contributed by atoms with Gasteiger partial charge in [-0.3, -0.25) is 4.72 Å². The Morgan fingerprint density at radius 3 is 2.60 bits per heavy atom. The van der Waals surface area contributed by atoms with Gasteiger partial charge in [0.2, 0.25) is 10.0 Å². The smallest absolute Gasteiger partial charge is 0.233 e. The molecule has 1 aliphatic rings. The summed E-state index contributed by atoms with van der Waals surface area (Å²) in [5.74, 6) is 0.329. The number of rotatable bonds is 6. The van der Waals surface area contributed by atoms with E-state index in [1.807, 2.05) is 18.2 Å². The van der Waals surface area contributed by atoms with Gasteiger partial charge in [-0.1, -0.05) is 12.1 Å². The van der Waals surface area contributed by atoms with Gasteiger partial charge in [-0.2, -0.15) is 0 Å². The van der Waals surface area contributed by atoms with E-state index in [0.717, 1.165) is 43.4 Å². The third-order valence-electron chi connectivity index (χ3n) is 3.94. The monoisotopic (exact) mass is 362 g/mol. The van der Waals surface area contributed by atoms with Crippen molar-refractivity contribution in [2.75, 3.05) is 47.0 Å². The molecule has 1 fully saturated rings. The Kier molecular flexibility index (Phi) is 5.40. The Bertz CT molecular complexity index is 803. The summed E-state index contributed by atoms with van der Waals surface area (Å²) >= 11 is 0. The molecule has 1 aromatic carbocycles. The molecule has 0 unspecified atom stereocenters. The number of nitrogens with one attached hydrogen (secondary N) is 2. The molecule has 1 aliphatic heterocycles. The predicted molar refractivity (Wildman–Crippen MR) is 100 cm³/mol. The summed E-state index contributed by atoms with van der Waals surface area (Å²) in [4.78, 5) is 6.44. The van der Waals surface area contributed by atoms with Crippen molar-refractivity contribution in [3.8, 4) is 0 Å². The molecule has 1 saturated heterocycles. The van der Waals surface area contributed by atoms with E-state index in [1.54, 1.807) is 25.3 Å². The Hall–Kier alpha value is -2.32. The first-order valence-corrected chi connectivity index (χ1v) is 9.88. The van der Waals surface area contributed by atoms with Crippen molar-refractivity contribution in [1.82, 2.24) is 4.98 Å². The van der Waals surface area contributed by atoms with E-state index in [2.05, 4.69) is 26.0 Å². The molecule has 2 N–H and O–H groups in total. The van der Waals surface area contributed by atoms with Crippen LogP contribution in [0.25, 0.3) is 0 Å². The summed E-state index contributed by atoms with van der Waals surface area (Å²) in [7, 11) is -3.32. The first kappa shape index (κ1) is 17.5. The first-order chi connectivity index (χ1) is 12.1. The molecule has 0 atom stereocenters. The lowest BCUT2D eigenvalue weighted by molar-refractivity contribution is 0.123. The van der Waals surface area contributed by atoms with Crippen molar-refractivity contribution in [3.05, 3.63) is 42.6 Å². The van der Waals surface area contributed by atoms with Gasteiger partial charge in [0, 0.05) is 13.1 Å². The van der Waals surface area contributed by atoms with Crippen LogP contribution in [0.4, 0.5) is 22.9 Å². The maximum Gasteiger partial charge on any atom is 0.233 e. The fraction of sp³-hybridized carbons (Fsp3) is 0.353. The molecule has 0 bridgehead atoms. The van der Waals surface area contributed by atoms with Gasteiger partial charge in [0.15, 0.2) is 0 Å². The van der Waals surface area contributed by atoms with Crippen molar-refractivity contribution >= 4 is 32.9 Å².